The molecular weight excluding hydrogens is 124 g/mol. The third kappa shape index (κ3) is 1.61. The minimum Gasteiger partial charge on any atom is -0.391 e. The lowest BCUT2D eigenvalue weighted by molar-refractivity contribution is 0.555. The maximum Gasteiger partial charge on any atom is 0.0368 e. The minimum absolute atomic E-state index is 0.160. The van der Waals surface area contributed by atoms with E-state index < -0.39 is 0 Å². The highest BCUT2D eigenvalue weighted by Crippen LogP contribution is 2.17. The molecule has 0 aromatic rings. The average Bonchev–Trinajstić information content (AvgIpc) is 1.86. The van der Waals surface area contributed by atoms with E-state index in [9.17, 15) is 0 Å². The molecule has 3 N–H and O–H groups in total. The smallest absolute Gasteiger partial charge is 0.0368 e. The van der Waals surface area contributed by atoms with E-state index in [0.29, 0.717) is 0 Å². The summed E-state index contributed by atoms with van der Waals surface area (Å²) in [5.74, 6) is 0. The zero-order valence-electron chi connectivity index (χ0n) is 6.52. The lowest BCUT2D eigenvalue weighted by Crippen LogP contribution is -2.36. The van der Waals surface area contributed by atoms with Gasteiger partial charge in [-0.25, -0.2) is 0 Å². The highest BCUT2D eigenvalue weighted by Gasteiger charge is 2.17. The molecule has 10 heavy (non-hydrogen) atoms. The van der Waals surface area contributed by atoms with Crippen molar-refractivity contribution in [2.45, 2.75) is 18.9 Å². The summed E-state index contributed by atoms with van der Waals surface area (Å²) in [6.45, 7) is 2.02. The topological polar surface area (TPSA) is 38.0 Å². The van der Waals surface area contributed by atoms with E-state index in [-0.39, 0.29) is 5.54 Å². The van der Waals surface area contributed by atoms with Gasteiger partial charge >= 0.3 is 0 Å². The fourth-order valence-electron chi connectivity index (χ4n) is 1.08. The van der Waals surface area contributed by atoms with Crippen molar-refractivity contribution in [3.8, 4) is 0 Å². The molecule has 1 rings (SSSR count). The average molecular weight is 138 g/mol. The molecule has 0 aromatic carbocycles. The predicted molar refractivity (Wildman–Crippen MR) is 43.5 cm³/mol. The number of hydrogen-bond acceptors (Lipinski definition) is 2. The zero-order valence-corrected chi connectivity index (χ0v) is 6.52. The van der Waals surface area contributed by atoms with Crippen LogP contribution in [0, 0.1) is 0 Å². The standard InChI is InChI=1S/C8H14N2/c1-8(9)5-3-4-7(6-8)10-2/h3-5,10H,6,9H2,1-2H3. The van der Waals surface area contributed by atoms with Gasteiger partial charge in [0.1, 0.15) is 0 Å². The molecule has 2 heteroatoms. The van der Waals surface area contributed by atoms with E-state index in [1.165, 1.54) is 5.70 Å². The summed E-state index contributed by atoms with van der Waals surface area (Å²) >= 11 is 0. The highest BCUT2D eigenvalue weighted by atomic mass is 14.9. The van der Waals surface area contributed by atoms with Crippen LogP contribution in [0.1, 0.15) is 13.3 Å². The fraction of sp³-hybridized carbons (Fsp3) is 0.500. The van der Waals surface area contributed by atoms with Gasteiger partial charge in [-0.05, 0) is 13.0 Å². The molecule has 0 saturated heterocycles. The summed E-state index contributed by atoms with van der Waals surface area (Å²) in [4.78, 5) is 0. The second kappa shape index (κ2) is 2.46. The molecule has 1 aliphatic rings. The highest BCUT2D eigenvalue weighted by molar-refractivity contribution is 5.24. The van der Waals surface area contributed by atoms with Crippen molar-refractivity contribution in [2.75, 3.05) is 7.05 Å². The van der Waals surface area contributed by atoms with Gasteiger partial charge in [0.15, 0.2) is 0 Å². The summed E-state index contributed by atoms with van der Waals surface area (Å²) in [7, 11) is 1.92. The first kappa shape index (κ1) is 7.35. The van der Waals surface area contributed by atoms with Gasteiger partial charge in [0, 0.05) is 24.7 Å². The van der Waals surface area contributed by atoms with E-state index in [4.69, 9.17) is 5.73 Å². The molecule has 1 aliphatic carbocycles. The van der Waals surface area contributed by atoms with Gasteiger partial charge in [-0.2, -0.15) is 0 Å². The number of allylic oxidation sites excluding steroid dienone is 2. The van der Waals surface area contributed by atoms with Gasteiger partial charge in [0.25, 0.3) is 0 Å². The van der Waals surface area contributed by atoms with Crippen LogP contribution in [-0.4, -0.2) is 12.6 Å². The molecule has 0 bridgehead atoms. The number of rotatable bonds is 1. The van der Waals surface area contributed by atoms with Crippen LogP contribution >= 0.6 is 0 Å². The van der Waals surface area contributed by atoms with Crippen LogP contribution in [0.3, 0.4) is 0 Å². The van der Waals surface area contributed by atoms with Crippen molar-refractivity contribution in [1.82, 2.24) is 5.32 Å². The van der Waals surface area contributed by atoms with Crippen molar-refractivity contribution in [1.29, 1.82) is 0 Å². The maximum atomic E-state index is 5.88. The molecule has 56 valence electrons. The summed E-state index contributed by atoms with van der Waals surface area (Å²) in [6, 6.07) is 0. The molecule has 0 fully saturated rings. The molecule has 0 heterocycles. The SMILES string of the molecule is CNC1=CC=CC(C)(N)C1. The summed E-state index contributed by atoms with van der Waals surface area (Å²) < 4.78 is 0. The molecule has 0 radical (unpaired) electrons. The van der Waals surface area contributed by atoms with E-state index in [1.807, 2.05) is 26.1 Å². The predicted octanol–water partition coefficient (Wildman–Crippen LogP) is 0.767. The van der Waals surface area contributed by atoms with Crippen LogP contribution in [0.4, 0.5) is 0 Å². The second-order valence-corrected chi connectivity index (χ2v) is 2.98. The molecule has 2 nitrogen and oxygen atoms in total. The number of nitrogens with one attached hydrogen (secondary N) is 1. The van der Waals surface area contributed by atoms with E-state index in [2.05, 4.69) is 11.4 Å². The summed E-state index contributed by atoms with van der Waals surface area (Å²) in [5.41, 5.74) is 6.92. The van der Waals surface area contributed by atoms with Crippen molar-refractivity contribution in [3.05, 3.63) is 23.9 Å². The number of nitrogens with two attached hydrogens (primary N) is 1. The Morgan fingerprint density at radius 2 is 2.40 bits per heavy atom. The lowest BCUT2D eigenvalue weighted by atomic mass is 9.93. The van der Waals surface area contributed by atoms with Crippen molar-refractivity contribution >= 4 is 0 Å². The molecule has 0 spiro atoms. The van der Waals surface area contributed by atoms with Gasteiger partial charge in [0.05, 0.1) is 0 Å². The van der Waals surface area contributed by atoms with Crippen LogP contribution in [0.25, 0.3) is 0 Å². The largest absolute Gasteiger partial charge is 0.391 e. The summed E-state index contributed by atoms with van der Waals surface area (Å²) in [6.07, 6.45) is 6.97. The quantitative estimate of drug-likeness (QED) is 0.561. The third-order valence-corrected chi connectivity index (χ3v) is 1.67. The molecule has 0 amide bonds. The van der Waals surface area contributed by atoms with Gasteiger partial charge in [-0.3, -0.25) is 0 Å². The Morgan fingerprint density at radius 1 is 1.70 bits per heavy atom. The van der Waals surface area contributed by atoms with E-state index in [1.54, 1.807) is 0 Å². The Kier molecular flexibility index (Phi) is 1.81. The molecule has 1 unspecified atom stereocenters. The van der Waals surface area contributed by atoms with Gasteiger partial charge < -0.3 is 11.1 Å². The minimum atomic E-state index is -0.160. The Bertz CT molecular complexity index is 178. The second-order valence-electron chi connectivity index (χ2n) is 2.98. The molecule has 0 aromatic heterocycles. The Hall–Kier alpha value is -0.760. The third-order valence-electron chi connectivity index (χ3n) is 1.67. The molecule has 0 saturated carbocycles. The first-order valence-corrected chi connectivity index (χ1v) is 3.49. The fourth-order valence-corrected chi connectivity index (χ4v) is 1.08. The number of hydrogen-bond donors (Lipinski definition) is 2. The van der Waals surface area contributed by atoms with Crippen LogP contribution < -0.4 is 11.1 Å². The Labute approximate surface area is 61.8 Å². The lowest BCUT2D eigenvalue weighted by Gasteiger charge is -2.24. The van der Waals surface area contributed by atoms with E-state index in [0.717, 1.165) is 6.42 Å². The first-order valence-electron chi connectivity index (χ1n) is 3.49. The van der Waals surface area contributed by atoms with Crippen molar-refractivity contribution in [3.63, 3.8) is 0 Å². The van der Waals surface area contributed by atoms with Crippen LogP contribution in [0.2, 0.25) is 0 Å². The van der Waals surface area contributed by atoms with Crippen LogP contribution in [0.5, 0.6) is 0 Å². The van der Waals surface area contributed by atoms with Crippen molar-refractivity contribution in [2.24, 2.45) is 5.73 Å². The van der Waals surface area contributed by atoms with Gasteiger partial charge in [0.2, 0.25) is 0 Å². The van der Waals surface area contributed by atoms with Gasteiger partial charge in [-0.1, -0.05) is 12.2 Å². The Morgan fingerprint density at radius 3 is 2.80 bits per heavy atom. The van der Waals surface area contributed by atoms with Gasteiger partial charge in [-0.15, -0.1) is 0 Å². The van der Waals surface area contributed by atoms with Crippen LogP contribution in [0.15, 0.2) is 23.9 Å². The normalized spacial score (nSPS) is 31.7. The maximum absolute atomic E-state index is 5.88. The first-order chi connectivity index (χ1) is 4.64. The van der Waals surface area contributed by atoms with Crippen molar-refractivity contribution < 1.29 is 0 Å². The molecule has 0 aliphatic heterocycles. The summed E-state index contributed by atoms with van der Waals surface area (Å²) in [5, 5.41) is 3.09. The van der Waals surface area contributed by atoms with E-state index >= 15 is 0 Å². The van der Waals surface area contributed by atoms with Crippen LogP contribution in [-0.2, 0) is 0 Å². The molecular formula is C8H14N2. The monoisotopic (exact) mass is 138 g/mol. The molecule has 1 atom stereocenters. The zero-order chi connectivity index (χ0) is 7.61. The Balaban J connectivity index is 2.68.